The van der Waals surface area contributed by atoms with Gasteiger partial charge in [0.25, 0.3) is 0 Å². The minimum absolute atomic E-state index is 0.0912. The molecule has 5 aliphatic rings. The molecule has 7 heterocycles. The molecule has 540 valence electrons. The molecular formula is C81H117ClN10O6S. The Morgan fingerprint density at radius 1 is 0.525 bits per heavy atom. The number of pyridine rings is 2. The van der Waals surface area contributed by atoms with E-state index < -0.39 is 0 Å². The van der Waals surface area contributed by atoms with Crippen LogP contribution in [0.15, 0.2) is 139 Å². The van der Waals surface area contributed by atoms with Crippen molar-refractivity contribution in [1.82, 2.24) is 39.7 Å². The summed E-state index contributed by atoms with van der Waals surface area (Å²) in [5, 5.41) is 12.4. The van der Waals surface area contributed by atoms with Gasteiger partial charge >= 0.3 is 0 Å². The van der Waals surface area contributed by atoms with E-state index >= 15 is 0 Å². The molecule has 4 saturated heterocycles. The van der Waals surface area contributed by atoms with Crippen LogP contribution in [0.1, 0.15) is 175 Å². The van der Waals surface area contributed by atoms with Crippen LogP contribution in [0.3, 0.4) is 0 Å². The highest BCUT2D eigenvalue weighted by Gasteiger charge is 2.30. The summed E-state index contributed by atoms with van der Waals surface area (Å²) in [5.74, 6) is 1.51. The van der Waals surface area contributed by atoms with Crippen LogP contribution in [-0.4, -0.2) is 167 Å². The van der Waals surface area contributed by atoms with Gasteiger partial charge in [-0.25, -0.2) is 0 Å². The predicted octanol–water partition coefficient (Wildman–Crippen LogP) is 17.3. The van der Waals surface area contributed by atoms with Crippen molar-refractivity contribution < 1.29 is 28.9 Å². The number of aromatic nitrogens is 3. The van der Waals surface area contributed by atoms with Gasteiger partial charge in [-0.2, -0.15) is 29.7 Å². The van der Waals surface area contributed by atoms with Crippen LogP contribution in [0.4, 0.5) is 11.4 Å². The van der Waals surface area contributed by atoms with Crippen molar-refractivity contribution in [3.8, 4) is 5.75 Å². The molecule has 4 fully saturated rings. The number of benzene rings is 4. The second-order valence-corrected chi connectivity index (χ2v) is 32.5. The summed E-state index contributed by atoms with van der Waals surface area (Å²) in [7, 11) is 3.67. The van der Waals surface area contributed by atoms with E-state index in [1.807, 2.05) is 87.7 Å². The van der Waals surface area contributed by atoms with Gasteiger partial charge in [-0.1, -0.05) is 83.4 Å². The largest absolute Gasteiger partial charge is 0.495 e. The highest BCUT2D eigenvalue weighted by Crippen LogP contribution is 2.40. The fourth-order valence-electron chi connectivity index (χ4n) is 12.7. The van der Waals surface area contributed by atoms with E-state index in [0.717, 1.165) is 152 Å². The third-order valence-corrected chi connectivity index (χ3v) is 17.9. The average molecular weight is 1390 g/mol. The summed E-state index contributed by atoms with van der Waals surface area (Å²) in [5.41, 5.74) is 13.5. The van der Waals surface area contributed by atoms with Crippen LogP contribution in [-0.2, 0) is 43.5 Å². The molecule has 7 aromatic rings. The summed E-state index contributed by atoms with van der Waals surface area (Å²) >= 11 is 7.92. The Morgan fingerprint density at radius 2 is 1.06 bits per heavy atom. The van der Waals surface area contributed by atoms with Crippen molar-refractivity contribution in [3.63, 3.8) is 0 Å². The summed E-state index contributed by atoms with van der Waals surface area (Å²) < 4.78 is 11.4. The van der Waals surface area contributed by atoms with Crippen molar-refractivity contribution in [2.45, 2.75) is 190 Å². The Bertz CT molecular complexity index is 3580. The van der Waals surface area contributed by atoms with Gasteiger partial charge in [0, 0.05) is 144 Å². The van der Waals surface area contributed by atoms with Gasteiger partial charge in [-0.3, -0.25) is 34.2 Å². The maximum absolute atomic E-state index is 6.30. The standard InChI is InChI=1S/C23H27ClN2O.C16H22N2OS.C15H24N2O2.C15H24N2O.C12H20N2O/c1-23(2,3)27-26-13-10-16(11-14-26)21-20-9-8-19(24)15-18(20)7-6-17-5-4-12-25-22(17)21;1-16(2,3)19-18-10-8-12(9-11-18)15-13-6-4-5-7-14(13)20-17-15;1-15(2,3)19-17-11-9-16(10-12-17)13-7-5-6-8-14(13)18-4;1-13-5-7-14(8-6-13)16-9-11-17(12-10-16)18-15(2,3)4;1-12(2,3)15-14(4)10-8-11-7-5-6-9-13-11/h4-5,8-9,12,15H,6-7,10-11,13-14H2,1-3H3;4-7,12H,8-11H2,1-3H3;5-8H,9-12H2,1-4H3;5-8H,9-12H2,1-4H3;5-7,9H,8,10H2,1-4H3. The number of nitrogens with zero attached hydrogens (tertiary/aromatic N) is 10. The van der Waals surface area contributed by atoms with E-state index in [-0.39, 0.29) is 28.0 Å². The normalized spacial score (nSPS) is 17.2. The minimum atomic E-state index is -0.148. The Kier molecular flexibility index (Phi) is 28.9. The molecule has 1 aliphatic carbocycles. The third kappa shape index (κ3) is 26.5. The first-order chi connectivity index (χ1) is 46.8. The van der Waals surface area contributed by atoms with E-state index in [1.54, 1.807) is 18.6 Å². The molecule has 0 saturated carbocycles. The molecule has 3 aromatic heterocycles. The van der Waals surface area contributed by atoms with Crippen molar-refractivity contribution >= 4 is 50.2 Å². The van der Waals surface area contributed by atoms with Gasteiger partial charge in [0.1, 0.15) is 5.75 Å². The highest BCUT2D eigenvalue weighted by atomic mass is 35.5. The number of hydroxylamine groups is 10. The first-order valence-corrected chi connectivity index (χ1v) is 37.0. The number of anilines is 2. The number of fused-ring (bicyclic) bond motifs is 3. The number of piperidine rings is 2. The van der Waals surface area contributed by atoms with Gasteiger partial charge in [-0.05, 0) is 238 Å². The van der Waals surface area contributed by atoms with Gasteiger partial charge in [0.15, 0.2) is 0 Å². The van der Waals surface area contributed by atoms with Crippen molar-refractivity contribution in [2.75, 3.05) is 109 Å². The van der Waals surface area contributed by atoms with Gasteiger partial charge in [0.05, 0.1) is 56.9 Å². The summed E-state index contributed by atoms with van der Waals surface area (Å²) in [4.78, 5) is 43.3. The molecule has 0 bridgehead atoms. The molecule has 0 unspecified atom stereocenters. The number of hydrogen-bond acceptors (Lipinski definition) is 17. The number of halogens is 1. The van der Waals surface area contributed by atoms with Gasteiger partial charge in [0.2, 0.25) is 0 Å². The second kappa shape index (κ2) is 36.3. The van der Waals surface area contributed by atoms with Crippen LogP contribution in [0.25, 0.3) is 15.7 Å². The number of piperazine rings is 2. The Hall–Kier alpha value is -5.90. The van der Waals surface area contributed by atoms with Crippen LogP contribution in [0.2, 0.25) is 5.02 Å². The molecule has 16 nitrogen and oxygen atoms in total. The molecule has 0 radical (unpaired) electrons. The quantitative estimate of drug-likeness (QED) is 0.108. The summed E-state index contributed by atoms with van der Waals surface area (Å²) in [6, 6.07) is 42.0. The smallest absolute Gasteiger partial charge is 0.142 e. The van der Waals surface area contributed by atoms with E-state index in [1.165, 1.54) is 60.6 Å². The van der Waals surface area contributed by atoms with Crippen LogP contribution >= 0.6 is 23.1 Å². The Labute approximate surface area is 603 Å². The van der Waals surface area contributed by atoms with E-state index in [9.17, 15) is 0 Å². The number of likely N-dealkylation sites (N-methyl/N-ethyl adjacent to an activating group) is 1. The number of rotatable bonds is 12. The molecule has 12 rings (SSSR count). The first-order valence-electron chi connectivity index (χ1n) is 35.9. The monoisotopic (exact) mass is 1390 g/mol. The van der Waals surface area contributed by atoms with Crippen LogP contribution in [0, 0.1) is 6.92 Å². The van der Waals surface area contributed by atoms with E-state index in [2.05, 4.69) is 204 Å². The van der Waals surface area contributed by atoms with Crippen molar-refractivity contribution in [2.24, 2.45) is 0 Å². The molecule has 0 N–H and O–H groups in total. The molecule has 99 heavy (non-hydrogen) atoms. The van der Waals surface area contributed by atoms with E-state index in [4.69, 9.17) is 49.9 Å². The number of para-hydroxylation sites is 2. The molecule has 18 heteroatoms. The lowest BCUT2D eigenvalue weighted by Crippen LogP contribution is -2.48. The lowest BCUT2D eigenvalue weighted by atomic mass is 9.89. The minimum Gasteiger partial charge on any atom is -0.495 e. The molecule has 0 amide bonds. The zero-order valence-electron chi connectivity index (χ0n) is 63.1. The maximum atomic E-state index is 6.30. The topological polar surface area (TPSA) is 117 Å². The van der Waals surface area contributed by atoms with E-state index in [0.29, 0.717) is 5.92 Å². The zero-order chi connectivity index (χ0) is 71.5. The highest BCUT2D eigenvalue weighted by molar-refractivity contribution is 7.13. The Balaban J connectivity index is 0.000000160. The third-order valence-electron chi connectivity index (χ3n) is 16.8. The maximum Gasteiger partial charge on any atom is 0.142 e. The van der Waals surface area contributed by atoms with Crippen molar-refractivity contribution in [1.29, 1.82) is 0 Å². The second-order valence-electron chi connectivity index (χ2n) is 31.3. The Morgan fingerprint density at radius 3 is 1.64 bits per heavy atom. The molecule has 4 aliphatic heterocycles. The lowest BCUT2D eigenvalue weighted by molar-refractivity contribution is -0.236. The average Bonchev–Trinajstić information content (AvgIpc) is 1.75. The number of aryl methyl sites for hydroxylation is 3. The number of methoxy groups -OCH3 is 1. The zero-order valence-corrected chi connectivity index (χ0v) is 64.7. The van der Waals surface area contributed by atoms with Gasteiger partial charge in [-0.15, -0.1) is 0 Å². The van der Waals surface area contributed by atoms with Crippen LogP contribution < -0.4 is 14.5 Å². The molecule has 0 spiro atoms. The number of ether oxygens (including phenoxy) is 1. The summed E-state index contributed by atoms with van der Waals surface area (Å²) in [6.45, 7) is 45.8. The molecule has 4 aromatic carbocycles. The van der Waals surface area contributed by atoms with Crippen molar-refractivity contribution in [3.05, 3.63) is 184 Å². The molecular weight excluding hydrogens is 1280 g/mol. The lowest BCUT2D eigenvalue weighted by Gasteiger charge is -2.38. The van der Waals surface area contributed by atoms with Gasteiger partial charge < -0.3 is 14.5 Å². The summed E-state index contributed by atoms with van der Waals surface area (Å²) in [6.07, 6.45) is 10.9. The SMILES string of the molecule is CC(C)(C)ON1CCC(=C2c3ccc(Cl)cc3CCc3cccnc32)CC1.CC(C)(C)ON1CCC(c2nsc3ccccc23)CC1.CN(CCc1ccccn1)OC(C)(C)C.COc1ccccc1N1CCN(OC(C)(C)C)CC1.Cc1ccc(N2CCN(OC(C)(C)C)CC2)cc1. The fraction of sp³-hybridized carbons (Fsp3) is 0.543. The first kappa shape index (κ1) is 78.8. The predicted molar refractivity (Wildman–Crippen MR) is 410 cm³/mol. The fourth-order valence-corrected chi connectivity index (χ4v) is 13.8. The number of hydrogen-bond donors (Lipinski definition) is 0. The molecule has 0 atom stereocenters. The van der Waals surface area contributed by atoms with Crippen LogP contribution in [0.5, 0.6) is 5.75 Å².